The summed E-state index contributed by atoms with van der Waals surface area (Å²) >= 11 is 0. The number of ether oxygens (including phenoxy) is 3. The van der Waals surface area contributed by atoms with Crippen molar-refractivity contribution >= 4 is 18.0 Å². The number of esters is 2. The minimum atomic E-state index is -0.631. The van der Waals surface area contributed by atoms with E-state index < -0.39 is 30.2 Å². The number of carbonyl (C=O) groups is 3. The number of amides is 1. The molecule has 2 saturated heterocycles. The molecule has 0 radical (unpaired) electrons. The van der Waals surface area contributed by atoms with Gasteiger partial charge in [-0.3, -0.25) is 14.5 Å². The lowest BCUT2D eigenvalue weighted by Crippen LogP contribution is -2.54. The second-order valence-corrected chi connectivity index (χ2v) is 4.41. The van der Waals surface area contributed by atoms with Crippen LogP contribution in [-0.2, 0) is 23.8 Å². The van der Waals surface area contributed by atoms with Gasteiger partial charge in [0, 0.05) is 20.3 Å². The molecule has 0 bridgehead atoms. The summed E-state index contributed by atoms with van der Waals surface area (Å²) in [6.45, 7) is 3.05. The van der Waals surface area contributed by atoms with Crippen molar-refractivity contribution in [3.63, 3.8) is 0 Å². The third-order valence-electron chi connectivity index (χ3n) is 3.00. The van der Waals surface area contributed by atoms with E-state index in [4.69, 9.17) is 14.2 Å². The van der Waals surface area contributed by atoms with Crippen LogP contribution in [0.1, 0.15) is 20.3 Å². The predicted octanol–water partition coefficient (Wildman–Crippen LogP) is 0.0743. The number of fused-ring (bicyclic) bond motifs is 1. The van der Waals surface area contributed by atoms with Gasteiger partial charge in [-0.2, -0.15) is 0 Å². The van der Waals surface area contributed by atoms with Crippen LogP contribution in [0.4, 0.5) is 4.79 Å². The Labute approximate surface area is 104 Å². The van der Waals surface area contributed by atoms with Crippen LogP contribution in [-0.4, -0.2) is 54.3 Å². The number of carbonyl (C=O) groups excluding carboxylic acids is 3. The number of rotatable bonds is 2. The maximum Gasteiger partial charge on any atom is 0.410 e. The van der Waals surface area contributed by atoms with E-state index in [-0.39, 0.29) is 19.2 Å². The first-order valence-electron chi connectivity index (χ1n) is 5.75. The molecule has 3 atom stereocenters. The van der Waals surface area contributed by atoms with Crippen molar-refractivity contribution < 1.29 is 28.6 Å². The molecule has 0 unspecified atom stereocenters. The van der Waals surface area contributed by atoms with Gasteiger partial charge in [-0.05, 0) is 0 Å². The summed E-state index contributed by atoms with van der Waals surface area (Å²) < 4.78 is 15.1. The molecule has 7 nitrogen and oxygen atoms in total. The van der Waals surface area contributed by atoms with E-state index in [0.717, 1.165) is 0 Å². The van der Waals surface area contributed by atoms with Crippen LogP contribution in [0.25, 0.3) is 0 Å². The molecule has 0 saturated carbocycles. The molecule has 2 heterocycles. The SMILES string of the molecule is CC(=O)O[C@H]1C[C@H]2COC(=O)N2C[C@H]1OC(C)=O. The van der Waals surface area contributed by atoms with Gasteiger partial charge in [0.25, 0.3) is 0 Å². The maximum atomic E-state index is 11.4. The minimum absolute atomic E-state index is 0.117. The molecule has 0 N–H and O–H groups in total. The fourth-order valence-electron chi connectivity index (χ4n) is 2.30. The van der Waals surface area contributed by atoms with Crippen LogP contribution < -0.4 is 0 Å². The Kier molecular flexibility index (Phi) is 3.40. The van der Waals surface area contributed by atoms with Crippen LogP contribution >= 0.6 is 0 Å². The fourth-order valence-corrected chi connectivity index (χ4v) is 2.30. The number of cyclic esters (lactones) is 1. The first kappa shape index (κ1) is 12.7. The molecule has 18 heavy (non-hydrogen) atoms. The minimum Gasteiger partial charge on any atom is -0.458 e. The Morgan fingerprint density at radius 2 is 1.83 bits per heavy atom. The molecular formula is C11H15NO6. The smallest absolute Gasteiger partial charge is 0.410 e. The first-order chi connectivity index (χ1) is 8.47. The van der Waals surface area contributed by atoms with E-state index in [1.165, 1.54) is 18.7 Å². The van der Waals surface area contributed by atoms with Crippen molar-refractivity contribution in [2.75, 3.05) is 13.2 Å². The van der Waals surface area contributed by atoms with Crippen LogP contribution in [0, 0.1) is 0 Å². The van der Waals surface area contributed by atoms with Gasteiger partial charge in [0.2, 0.25) is 0 Å². The summed E-state index contributed by atoms with van der Waals surface area (Å²) in [4.78, 5) is 35.0. The van der Waals surface area contributed by atoms with E-state index in [9.17, 15) is 14.4 Å². The van der Waals surface area contributed by atoms with Crippen molar-refractivity contribution in [1.82, 2.24) is 4.90 Å². The van der Waals surface area contributed by atoms with Crippen LogP contribution in [0.5, 0.6) is 0 Å². The van der Waals surface area contributed by atoms with Crippen molar-refractivity contribution in [1.29, 1.82) is 0 Å². The van der Waals surface area contributed by atoms with Gasteiger partial charge >= 0.3 is 18.0 Å². The summed E-state index contributed by atoms with van der Waals surface area (Å²) in [5.41, 5.74) is 0. The topological polar surface area (TPSA) is 82.1 Å². The zero-order valence-corrected chi connectivity index (χ0v) is 10.3. The molecular weight excluding hydrogens is 242 g/mol. The van der Waals surface area contributed by atoms with E-state index in [1.54, 1.807) is 0 Å². The Bertz CT molecular complexity index is 382. The van der Waals surface area contributed by atoms with E-state index >= 15 is 0 Å². The lowest BCUT2D eigenvalue weighted by Gasteiger charge is -2.37. The summed E-state index contributed by atoms with van der Waals surface area (Å²) in [5.74, 6) is -0.904. The second kappa shape index (κ2) is 4.83. The van der Waals surface area contributed by atoms with Gasteiger partial charge in [-0.15, -0.1) is 0 Å². The van der Waals surface area contributed by atoms with E-state index in [0.29, 0.717) is 6.42 Å². The Balaban J connectivity index is 2.09. The molecule has 0 aromatic heterocycles. The van der Waals surface area contributed by atoms with Crippen molar-refractivity contribution in [2.24, 2.45) is 0 Å². The van der Waals surface area contributed by atoms with Gasteiger partial charge in [0.15, 0.2) is 6.10 Å². The average Bonchev–Trinajstić information content (AvgIpc) is 2.59. The molecule has 1 amide bonds. The van der Waals surface area contributed by atoms with E-state index in [2.05, 4.69) is 0 Å². The van der Waals surface area contributed by atoms with Crippen LogP contribution in [0.3, 0.4) is 0 Å². The fraction of sp³-hybridized carbons (Fsp3) is 0.727. The predicted molar refractivity (Wildman–Crippen MR) is 57.6 cm³/mol. The number of hydrogen-bond acceptors (Lipinski definition) is 6. The van der Waals surface area contributed by atoms with Gasteiger partial charge in [-0.1, -0.05) is 0 Å². The van der Waals surface area contributed by atoms with Gasteiger partial charge in [0.1, 0.15) is 12.7 Å². The molecule has 0 aromatic carbocycles. The summed E-state index contributed by atoms with van der Waals surface area (Å²) in [6.07, 6.45) is -1.16. The highest BCUT2D eigenvalue weighted by atomic mass is 16.6. The zero-order chi connectivity index (χ0) is 13.3. The highest BCUT2D eigenvalue weighted by Crippen LogP contribution is 2.27. The lowest BCUT2D eigenvalue weighted by atomic mass is 9.98. The monoisotopic (exact) mass is 257 g/mol. The van der Waals surface area contributed by atoms with Crippen molar-refractivity contribution in [3.8, 4) is 0 Å². The first-order valence-corrected chi connectivity index (χ1v) is 5.75. The third kappa shape index (κ3) is 2.55. The molecule has 2 rings (SSSR count). The molecule has 0 aliphatic carbocycles. The van der Waals surface area contributed by atoms with Crippen molar-refractivity contribution in [2.45, 2.75) is 38.5 Å². The third-order valence-corrected chi connectivity index (χ3v) is 3.00. The highest BCUT2D eigenvalue weighted by Gasteiger charge is 2.45. The normalized spacial score (nSPS) is 30.4. The average molecular weight is 257 g/mol. The summed E-state index contributed by atoms with van der Waals surface area (Å²) in [7, 11) is 0. The molecule has 2 aliphatic heterocycles. The molecule has 100 valence electrons. The molecule has 0 aromatic rings. The second-order valence-electron chi connectivity index (χ2n) is 4.41. The zero-order valence-electron chi connectivity index (χ0n) is 10.3. The van der Waals surface area contributed by atoms with Gasteiger partial charge in [-0.25, -0.2) is 4.79 Å². The Morgan fingerprint density at radius 3 is 2.44 bits per heavy atom. The lowest BCUT2D eigenvalue weighted by molar-refractivity contribution is -0.171. The maximum absolute atomic E-state index is 11.4. The largest absolute Gasteiger partial charge is 0.458 e. The highest BCUT2D eigenvalue weighted by molar-refractivity contribution is 5.71. The Morgan fingerprint density at radius 1 is 1.22 bits per heavy atom. The van der Waals surface area contributed by atoms with E-state index in [1.807, 2.05) is 0 Å². The molecule has 7 heteroatoms. The number of nitrogens with zero attached hydrogens (tertiary/aromatic N) is 1. The van der Waals surface area contributed by atoms with Crippen LogP contribution in [0.2, 0.25) is 0 Å². The molecule has 2 aliphatic rings. The molecule has 0 spiro atoms. The summed E-state index contributed by atoms with van der Waals surface area (Å²) in [6, 6.07) is -0.117. The number of hydrogen-bond donors (Lipinski definition) is 0. The Hall–Kier alpha value is -1.79. The van der Waals surface area contributed by atoms with Crippen LogP contribution in [0.15, 0.2) is 0 Å². The van der Waals surface area contributed by atoms with Gasteiger partial charge < -0.3 is 14.2 Å². The van der Waals surface area contributed by atoms with Crippen molar-refractivity contribution in [3.05, 3.63) is 0 Å². The standard InChI is InChI=1S/C11H15NO6/c1-6(13)17-9-3-8-5-16-11(15)12(8)4-10(9)18-7(2)14/h8-10H,3-5H2,1-2H3/t8-,9-,10+/m0/s1. The van der Waals surface area contributed by atoms with Gasteiger partial charge in [0.05, 0.1) is 12.6 Å². The summed E-state index contributed by atoms with van der Waals surface area (Å²) in [5, 5.41) is 0. The molecule has 2 fully saturated rings. The quantitative estimate of drug-likeness (QED) is 0.514. The number of piperidine rings is 1.